The Morgan fingerprint density at radius 3 is 2.73 bits per heavy atom. The molecule has 0 saturated heterocycles. The summed E-state index contributed by atoms with van der Waals surface area (Å²) >= 11 is 0. The molecule has 5 heteroatoms. The van der Waals surface area contributed by atoms with Gasteiger partial charge in [0.2, 0.25) is 5.91 Å². The van der Waals surface area contributed by atoms with Crippen LogP contribution < -0.4 is 10.6 Å². The Balaban J connectivity index is 1.44. The van der Waals surface area contributed by atoms with Crippen LogP contribution in [0.2, 0.25) is 0 Å². The van der Waals surface area contributed by atoms with E-state index in [1.165, 1.54) is 6.42 Å². The van der Waals surface area contributed by atoms with Crippen LogP contribution in [0.4, 0.5) is 0 Å². The second-order valence-electron chi connectivity index (χ2n) is 6.96. The van der Waals surface area contributed by atoms with Crippen molar-refractivity contribution in [2.45, 2.75) is 45.6 Å². The lowest BCUT2D eigenvalue weighted by atomic mass is 10.1. The molecule has 1 aliphatic carbocycles. The van der Waals surface area contributed by atoms with Gasteiger partial charge in [-0.05, 0) is 49.1 Å². The third kappa shape index (κ3) is 4.75. The lowest BCUT2D eigenvalue weighted by molar-refractivity contribution is -0.121. The van der Waals surface area contributed by atoms with Crippen LogP contribution in [0.25, 0.3) is 0 Å². The molecule has 2 atom stereocenters. The lowest BCUT2D eigenvalue weighted by Gasteiger charge is -2.07. The number of hydrogen-bond acceptors (Lipinski definition) is 3. The average Bonchev–Trinajstić information content (AvgIpc) is 3.18. The minimum absolute atomic E-state index is 0.0221. The van der Waals surface area contributed by atoms with Crippen molar-refractivity contribution < 1.29 is 14.0 Å². The van der Waals surface area contributed by atoms with Gasteiger partial charge in [0.25, 0.3) is 5.91 Å². The van der Waals surface area contributed by atoms with Crippen molar-refractivity contribution >= 4 is 11.8 Å². The molecule has 138 valence electrons. The van der Waals surface area contributed by atoms with Crippen molar-refractivity contribution in [3.63, 3.8) is 0 Å². The van der Waals surface area contributed by atoms with Crippen molar-refractivity contribution in [2.75, 3.05) is 6.54 Å². The molecule has 0 bridgehead atoms. The predicted molar refractivity (Wildman–Crippen MR) is 99.8 cm³/mol. The monoisotopic (exact) mass is 354 g/mol. The van der Waals surface area contributed by atoms with E-state index in [0.717, 1.165) is 17.1 Å². The van der Waals surface area contributed by atoms with Crippen LogP contribution in [-0.4, -0.2) is 18.4 Å². The van der Waals surface area contributed by atoms with Gasteiger partial charge in [0, 0.05) is 37.4 Å². The normalized spacial score (nSPS) is 18.4. The molecule has 2 aromatic rings. The van der Waals surface area contributed by atoms with E-state index in [1.54, 1.807) is 12.1 Å². The minimum Gasteiger partial charge on any atom is -0.466 e. The quantitative estimate of drug-likeness (QED) is 0.763. The van der Waals surface area contributed by atoms with E-state index in [9.17, 15) is 9.59 Å². The van der Waals surface area contributed by atoms with Crippen LogP contribution in [0, 0.1) is 5.92 Å². The van der Waals surface area contributed by atoms with Gasteiger partial charge in [-0.1, -0.05) is 19.1 Å². The molecule has 1 fully saturated rings. The van der Waals surface area contributed by atoms with Gasteiger partial charge < -0.3 is 15.1 Å². The van der Waals surface area contributed by atoms with Crippen molar-refractivity contribution in [3.8, 4) is 0 Å². The number of amides is 2. The van der Waals surface area contributed by atoms with E-state index < -0.39 is 0 Å². The first-order chi connectivity index (χ1) is 12.6. The first kappa shape index (κ1) is 18.2. The van der Waals surface area contributed by atoms with Gasteiger partial charge in [-0.3, -0.25) is 9.59 Å². The Bertz CT molecular complexity index is 781. The number of carbonyl (C=O) groups excluding carboxylic acids is 2. The summed E-state index contributed by atoms with van der Waals surface area (Å²) in [6.07, 6.45) is 2.19. The number of benzene rings is 1. The zero-order valence-corrected chi connectivity index (χ0v) is 15.4. The average molecular weight is 354 g/mol. The highest BCUT2D eigenvalue weighted by Gasteiger charge is 2.36. The molecule has 1 aliphatic rings. The third-order valence-electron chi connectivity index (χ3n) is 4.77. The zero-order chi connectivity index (χ0) is 18.5. The maximum absolute atomic E-state index is 12.1. The van der Waals surface area contributed by atoms with E-state index in [2.05, 4.69) is 17.6 Å². The molecule has 1 aromatic heterocycles. The fourth-order valence-electron chi connectivity index (χ4n) is 3.06. The molecule has 2 amide bonds. The molecule has 0 aliphatic heterocycles. The lowest BCUT2D eigenvalue weighted by Crippen LogP contribution is -2.24. The third-order valence-corrected chi connectivity index (χ3v) is 4.77. The molecule has 5 nitrogen and oxygen atoms in total. The molecule has 3 rings (SSSR count). The van der Waals surface area contributed by atoms with Gasteiger partial charge in [-0.25, -0.2) is 0 Å². The predicted octanol–water partition coefficient (Wildman–Crippen LogP) is 3.40. The van der Waals surface area contributed by atoms with Crippen molar-refractivity contribution in [3.05, 3.63) is 59.0 Å². The smallest absolute Gasteiger partial charge is 0.251 e. The van der Waals surface area contributed by atoms with Crippen LogP contribution in [-0.2, 0) is 17.8 Å². The van der Waals surface area contributed by atoms with Gasteiger partial charge in [0.1, 0.15) is 11.5 Å². The first-order valence-electron chi connectivity index (χ1n) is 9.29. The zero-order valence-electron chi connectivity index (χ0n) is 15.4. The molecule has 2 unspecified atom stereocenters. The van der Waals surface area contributed by atoms with Crippen LogP contribution in [0.3, 0.4) is 0 Å². The molecule has 0 radical (unpaired) electrons. The summed E-state index contributed by atoms with van der Waals surface area (Å²) in [5.74, 6) is 3.08. The number of nitrogens with one attached hydrogen (secondary N) is 2. The van der Waals surface area contributed by atoms with Crippen molar-refractivity contribution in [1.29, 1.82) is 0 Å². The Morgan fingerprint density at radius 2 is 2.00 bits per heavy atom. The highest BCUT2D eigenvalue weighted by Crippen LogP contribution is 2.47. The largest absolute Gasteiger partial charge is 0.466 e. The standard InChI is InChI=1S/C21H26N2O3/c1-3-22-21(25)16-6-4-5-15(12-16)13-23-20(24)10-8-17-7-9-19(26-17)18-11-14(18)2/h4-7,9,12,14,18H,3,8,10-11,13H2,1-2H3,(H,22,25)(H,23,24). The summed E-state index contributed by atoms with van der Waals surface area (Å²) in [7, 11) is 0. The summed E-state index contributed by atoms with van der Waals surface area (Å²) in [5, 5.41) is 5.68. The maximum atomic E-state index is 12.1. The number of furan rings is 1. The van der Waals surface area contributed by atoms with Crippen LogP contribution in [0.5, 0.6) is 0 Å². The summed E-state index contributed by atoms with van der Waals surface area (Å²) in [5.41, 5.74) is 1.51. The van der Waals surface area contributed by atoms with E-state index in [4.69, 9.17) is 4.42 Å². The van der Waals surface area contributed by atoms with E-state index in [1.807, 2.05) is 31.2 Å². The van der Waals surface area contributed by atoms with E-state index in [0.29, 0.717) is 43.3 Å². The van der Waals surface area contributed by atoms with Crippen LogP contribution in [0.15, 0.2) is 40.8 Å². The summed E-state index contributed by atoms with van der Waals surface area (Å²) in [6.45, 7) is 5.11. The van der Waals surface area contributed by atoms with Crippen molar-refractivity contribution in [1.82, 2.24) is 10.6 Å². The molecule has 1 aromatic carbocycles. The van der Waals surface area contributed by atoms with Crippen LogP contribution in [0.1, 0.15) is 60.0 Å². The molecule has 1 heterocycles. The minimum atomic E-state index is -0.0979. The molecule has 26 heavy (non-hydrogen) atoms. The molecule has 2 N–H and O–H groups in total. The molecule has 1 saturated carbocycles. The molecular formula is C21H26N2O3. The SMILES string of the molecule is CCNC(=O)c1cccc(CNC(=O)CCc2ccc(C3CC3C)o2)c1. The molecule has 0 spiro atoms. The van der Waals surface area contributed by atoms with Gasteiger partial charge in [0.15, 0.2) is 0 Å². The molecular weight excluding hydrogens is 328 g/mol. The van der Waals surface area contributed by atoms with Crippen molar-refractivity contribution in [2.24, 2.45) is 5.92 Å². The van der Waals surface area contributed by atoms with Gasteiger partial charge in [0.05, 0.1) is 0 Å². The Kier molecular flexibility index (Phi) is 5.76. The maximum Gasteiger partial charge on any atom is 0.251 e. The Morgan fingerprint density at radius 1 is 1.19 bits per heavy atom. The number of hydrogen-bond donors (Lipinski definition) is 2. The van der Waals surface area contributed by atoms with Gasteiger partial charge in [-0.2, -0.15) is 0 Å². The first-order valence-corrected chi connectivity index (χ1v) is 9.29. The number of carbonyl (C=O) groups is 2. The Hall–Kier alpha value is -2.56. The van der Waals surface area contributed by atoms with E-state index in [-0.39, 0.29) is 11.8 Å². The summed E-state index contributed by atoms with van der Waals surface area (Å²) in [6, 6.07) is 11.3. The van der Waals surface area contributed by atoms with Gasteiger partial charge in [-0.15, -0.1) is 0 Å². The summed E-state index contributed by atoms with van der Waals surface area (Å²) < 4.78 is 5.83. The van der Waals surface area contributed by atoms with E-state index >= 15 is 0 Å². The fourth-order valence-corrected chi connectivity index (χ4v) is 3.06. The number of aryl methyl sites for hydroxylation is 1. The fraction of sp³-hybridized carbons (Fsp3) is 0.429. The highest BCUT2D eigenvalue weighted by molar-refractivity contribution is 5.94. The number of rotatable bonds is 8. The highest BCUT2D eigenvalue weighted by atomic mass is 16.3. The van der Waals surface area contributed by atoms with Crippen LogP contribution >= 0.6 is 0 Å². The summed E-state index contributed by atoms with van der Waals surface area (Å²) in [4.78, 5) is 23.9. The Labute approximate surface area is 154 Å². The second-order valence-corrected chi connectivity index (χ2v) is 6.96. The second kappa shape index (κ2) is 8.21. The topological polar surface area (TPSA) is 71.3 Å². The van der Waals surface area contributed by atoms with Gasteiger partial charge >= 0.3 is 0 Å².